The van der Waals surface area contributed by atoms with Gasteiger partial charge in [-0.25, -0.2) is 4.79 Å². The van der Waals surface area contributed by atoms with Crippen LogP contribution >= 0.6 is 0 Å². The van der Waals surface area contributed by atoms with Crippen LogP contribution in [0.25, 0.3) is 0 Å². The molecule has 11 atom stereocenters. The first-order chi connectivity index (χ1) is 28.1. The highest BCUT2D eigenvalue weighted by atomic mass is 19.4. The number of rotatable bonds is 9. The van der Waals surface area contributed by atoms with Crippen molar-refractivity contribution in [3.63, 3.8) is 0 Å². The predicted octanol–water partition coefficient (Wildman–Crippen LogP) is 5.41. The second-order valence-electron chi connectivity index (χ2n) is 17.1. The van der Waals surface area contributed by atoms with E-state index in [1.54, 1.807) is 74.5 Å². The van der Waals surface area contributed by atoms with Crippen molar-refractivity contribution in [2.24, 2.45) is 28.6 Å². The fourth-order valence-corrected chi connectivity index (χ4v) is 10.6. The van der Waals surface area contributed by atoms with E-state index < -0.39 is 113 Å². The normalized spacial score (nSPS) is 30.4. The Kier molecular flexibility index (Phi) is 12.3. The number of halogens is 3. The van der Waals surface area contributed by atoms with Crippen LogP contribution in [0.4, 0.5) is 13.2 Å². The summed E-state index contributed by atoms with van der Waals surface area (Å²) in [5, 5.41) is 14.4. The summed E-state index contributed by atoms with van der Waals surface area (Å²) in [6.45, 7) is 10.3. The summed E-state index contributed by atoms with van der Waals surface area (Å²) in [6, 6.07) is 14.4. The van der Waals surface area contributed by atoms with Crippen LogP contribution in [-0.2, 0) is 42.9 Å². The number of fused-ring (bicyclic) bond motifs is 5. The molecule has 2 amide bonds. The number of carbonyl (C=O) groups is 6. The molecule has 324 valence electrons. The average molecular weight is 841 g/mol. The lowest BCUT2D eigenvalue weighted by atomic mass is 9.46. The lowest BCUT2D eigenvalue weighted by Gasteiger charge is -2.65. The van der Waals surface area contributed by atoms with Crippen molar-refractivity contribution in [3.05, 3.63) is 82.9 Å². The molecule has 1 aliphatic heterocycles. The van der Waals surface area contributed by atoms with Crippen LogP contribution in [0, 0.1) is 28.6 Å². The van der Waals surface area contributed by atoms with E-state index in [1.807, 2.05) is 13.8 Å². The van der Waals surface area contributed by atoms with E-state index in [4.69, 9.17) is 18.9 Å². The van der Waals surface area contributed by atoms with Gasteiger partial charge in [-0.15, -0.1) is 0 Å². The number of esters is 4. The van der Waals surface area contributed by atoms with E-state index in [-0.39, 0.29) is 31.4 Å². The van der Waals surface area contributed by atoms with E-state index in [0.717, 1.165) is 4.90 Å². The summed E-state index contributed by atoms with van der Waals surface area (Å²) in [7, 11) is 0. The zero-order chi connectivity index (χ0) is 44.1. The first-order valence-electron chi connectivity index (χ1n) is 20.0. The first kappa shape index (κ1) is 44.3. The molecule has 3 fully saturated rings. The minimum Gasteiger partial charge on any atom is -0.462 e. The molecule has 3 aliphatic carbocycles. The van der Waals surface area contributed by atoms with Crippen molar-refractivity contribution in [2.75, 3.05) is 6.54 Å². The van der Waals surface area contributed by atoms with E-state index in [0.29, 0.717) is 16.7 Å². The van der Waals surface area contributed by atoms with E-state index in [2.05, 4.69) is 5.32 Å². The molecule has 6 rings (SSSR count). The topological polar surface area (TPSA) is 175 Å². The maximum atomic E-state index is 14.2. The van der Waals surface area contributed by atoms with Crippen LogP contribution in [0.15, 0.2) is 71.8 Å². The molecule has 2 N–H and O–H groups in total. The minimum atomic E-state index is -5.13. The van der Waals surface area contributed by atoms with Gasteiger partial charge in [-0.3, -0.25) is 24.0 Å². The van der Waals surface area contributed by atoms with Crippen LogP contribution < -0.4 is 5.32 Å². The lowest BCUT2D eigenvalue weighted by Crippen LogP contribution is -2.73. The number of carbonyl (C=O) groups excluding carboxylic acids is 6. The minimum absolute atomic E-state index is 0.0225. The molecule has 60 heavy (non-hydrogen) atoms. The number of amides is 2. The Morgan fingerprint density at radius 1 is 0.850 bits per heavy atom. The molecule has 4 aliphatic rings. The molecule has 2 aromatic carbocycles. The summed E-state index contributed by atoms with van der Waals surface area (Å²) in [5.41, 5.74) is -0.784. The number of aliphatic hydroxyl groups is 1. The van der Waals surface area contributed by atoms with Crippen molar-refractivity contribution in [1.82, 2.24) is 10.2 Å². The second kappa shape index (κ2) is 16.7. The van der Waals surface area contributed by atoms with E-state index in [1.165, 1.54) is 20.8 Å². The van der Waals surface area contributed by atoms with Gasteiger partial charge in [-0.05, 0) is 60.4 Å². The Labute approximate surface area is 345 Å². The lowest BCUT2D eigenvalue weighted by molar-refractivity contribution is -0.242. The Bertz CT molecular complexity index is 2040. The third-order valence-electron chi connectivity index (χ3n) is 13.1. The summed E-state index contributed by atoms with van der Waals surface area (Å²) in [5.74, 6) is -8.18. The Balaban J connectivity index is 1.46. The number of aliphatic hydroxyl groups excluding tert-OH is 1. The molecule has 1 saturated heterocycles. The molecular formula is C44H51F3N2O11. The SMILES string of the molecule is CC(=O)O[C@H]1[C@@H]2[C@@H]3CN(C(=O)C(F)(F)F)[C@@H]3CC[C@@]2(C)[C@@H](OC(C)=O)[C@H](OC(C)=O)C2=C(C)[C@@H](OC(=O)[C@H](O)[C@@H](NC(=O)c3ccccc3)c3ccccc3)C[C@@H]1C2(C)C. The van der Waals surface area contributed by atoms with Crippen molar-refractivity contribution in [3.8, 4) is 0 Å². The van der Waals surface area contributed by atoms with Gasteiger partial charge in [0.25, 0.3) is 5.91 Å². The second-order valence-corrected chi connectivity index (χ2v) is 17.1. The standard InChI is InChI=1S/C44H51F3N2O11/c1-22-31(60-40(55)35(53)34(26-14-10-8-11-15-26)48-39(54)27-16-12-9-13-17-27)20-29-36(57-23(2)50)33-28-21-49(41(56)44(45,46)47)30(28)18-19-43(33,7)38(59-25(4)52)37(58-24(3)51)32(22)42(29,5)6/h8-17,28-31,33-38,53H,18-21H2,1-7H3,(H,48,54)/t28-,29+,30-,31+,33+,34+,35-,36-,37-,38+,43-/m1/s1. The molecule has 13 nitrogen and oxygen atoms in total. The van der Waals surface area contributed by atoms with Crippen LogP contribution in [0.1, 0.15) is 89.7 Å². The number of nitrogens with one attached hydrogen (secondary N) is 1. The highest BCUT2D eigenvalue weighted by Crippen LogP contribution is 2.63. The zero-order valence-electron chi connectivity index (χ0n) is 34.5. The van der Waals surface area contributed by atoms with Gasteiger partial charge < -0.3 is 34.3 Å². The Morgan fingerprint density at radius 3 is 2.00 bits per heavy atom. The Hall–Kier alpha value is -5.25. The number of nitrogens with zero attached hydrogens (tertiary/aromatic N) is 1. The molecule has 0 spiro atoms. The van der Waals surface area contributed by atoms with E-state index in [9.17, 15) is 47.0 Å². The van der Waals surface area contributed by atoms with Gasteiger partial charge in [0.1, 0.15) is 18.3 Å². The molecule has 0 radical (unpaired) electrons. The van der Waals surface area contributed by atoms with Crippen LogP contribution in [0.5, 0.6) is 0 Å². The smallest absolute Gasteiger partial charge is 0.462 e. The summed E-state index contributed by atoms with van der Waals surface area (Å²) in [4.78, 5) is 80.0. The van der Waals surface area contributed by atoms with Gasteiger partial charge in [-0.2, -0.15) is 13.2 Å². The number of hydrogen-bond donors (Lipinski definition) is 2. The quantitative estimate of drug-likeness (QED) is 0.188. The van der Waals surface area contributed by atoms with Gasteiger partial charge in [-0.1, -0.05) is 69.3 Å². The van der Waals surface area contributed by atoms with Gasteiger partial charge >= 0.3 is 36.0 Å². The fraction of sp³-hybridized carbons (Fsp3) is 0.545. The zero-order valence-corrected chi connectivity index (χ0v) is 34.5. The molecule has 2 aromatic rings. The van der Waals surface area contributed by atoms with Crippen LogP contribution in [-0.4, -0.2) is 95.0 Å². The number of hydrogen-bond acceptors (Lipinski definition) is 11. The number of ether oxygens (including phenoxy) is 4. The maximum absolute atomic E-state index is 14.2. The number of alkyl halides is 3. The highest BCUT2D eigenvalue weighted by molar-refractivity contribution is 5.95. The largest absolute Gasteiger partial charge is 0.471 e. The van der Waals surface area contributed by atoms with Crippen molar-refractivity contribution >= 4 is 35.7 Å². The fourth-order valence-electron chi connectivity index (χ4n) is 10.6. The van der Waals surface area contributed by atoms with Crippen LogP contribution in [0.3, 0.4) is 0 Å². The molecule has 0 unspecified atom stereocenters. The summed E-state index contributed by atoms with van der Waals surface area (Å²) in [6.07, 6.45) is -11.8. The molecule has 1 heterocycles. The van der Waals surface area contributed by atoms with Crippen molar-refractivity contribution < 1.29 is 66.0 Å². The molecule has 2 saturated carbocycles. The summed E-state index contributed by atoms with van der Waals surface area (Å²) < 4.78 is 65.9. The van der Waals surface area contributed by atoms with Crippen molar-refractivity contribution in [1.29, 1.82) is 0 Å². The summed E-state index contributed by atoms with van der Waals surface area (Å²) >= 11 is 0. The maximum Gasteiger partial charge on any atom is 0.471 e. The Morgan fingerprint density at radius 2 is 1.43 bits per heavy atom. The van der Waals surface area contributed by atoms with Gasteiger partial charge in [0.15, 0.2) is 12.2 Å². The van der Waals surface area contributed by atoms with Gasteiger partial charge in [0.2, 0.25) is 0 Å². The monoisotopic (exact) mass is 840 g/mol. The number of likely N-dealkylation sites (tertiary alicyclic amines) is 1. The third-order valence-corrected chi connectivity index (χ3v) is 13.1. The highest BCUT2D eigenvalue weighted by Gasteiger charge is 2.69. The predicted molar refractivity (Wildman–Crippen MR) is 206 cm³/mol. The van der Waals surface area contributed by atoms with E-state index >= 15 is 0 Å². The molecular weight excluding hydrogens is 789 g/mol. The molecule has 0 aromatic heterocycles. The van der Waals surface area contributed by atoms with Gasteiger partial charge in [0.05, 0.1) is 6.04 Å². The van der Waals surface area contributed by atoms with Crippen molar-refractivity contribution in [2.45, 2.75) is 117 Å². The third kappa shape index (κ3) is 8.26. The van der Waals surface area contributed by atoms with Crippen LogP contribution in [0.2, 0.25) is 0 Å². The average Bonchev–Trinajstić information content (AvgIpc) is 3.16. The first-order valence-corrected chi connectivity index (χ1v) is 20.0. The van der Waals surface area contributed by atoms with Gasteiger partial charge in [0, 0.05) is 62.1 Å². The molecule has 16 heteroatoms. The number of benzene rings is 2. The molecule has 2 bridgehead atoms.